The van der Waals surface area contributed by atoms with Crippen LogP contribution in [0.15, 0.2) is 54.9 Å². The van der Waals surface area contributed by atoms with Crippen LogP contribution in [0.2, 0.25) is 0 Å². The van der Waals surface area contributed by atoms with Gasteiger partial charge in [-0.2, -0.15) is 9.49 Å². The predicted octanol–water partition coefficient (Wildman–Crippen LogP) is 3.73. The molecule has 1 atom stereocenters. The number of carbonyl (C=O) groups excluding carboxylic acids is 1. The maximum Gasteiger partial charge on any atom is 0.220 e. The van der Waals surface area contributed by atoms with E-state index < -0.39 is 5.95 Å². The number of fused-ring (bicyclic) bond motifs is 1. The van der Waals surface area contributed by atoms with Gasteiger partial charge in [-0.1, -0.05) is 30.3 Å². The monoisotopic (exact) mass is 428 g/mol. The number of nitrogens with zero attached hydrogens (tertiary/aromatic N) is 5. The third-order valence-electron chi connectivity index (χ3n) is 5.82. The third-order valence-corrected chi connectivity index (χ3v) is 5.82. The van der Waals surface area contributed by atoms with Crippen LogP contribution in [-0.2, 0) is 13.0 Å². The van der Waals surface area contributed by atoms with Gasteiger partial charge in [-0.25, -0.2) is 15.0 Å². The van der Waals surface area contributed by atoms with Crippen molar-refractivity contribution >= 4 is 11.7 Å². The number of nitrogens with two attached hydrogens (primary N) is 1. The number of aromatic nitrogens is 5. The molecule has 1 aromatic carbocycles. The van der Waals surface area contributed by atoms with Crippen LogP contribution in [0.5, 0.6) is 0 Å². The number of halogens is 1. The maximum absolute atomic E-state index is 14.6. The molecule has 1 unspecified atom stereocenters. The molecule has 5 rings (SSSR count). The molecule has 1 aliphatic carbocycles. The van der Waals surface area contributed by atoms with Gasteiger partial charge in [-0.15, -0.1) is 0 Å². The molecule has 0 aliphatic heterocycles. The molecule has 0 saturated carbocycles. The molecule has 0 fully saturated rings. The molecule has 3 aromatic heterocycles. The summed E-state index contributed by atoms with van der Waals surface area (Å²) in [5.74, 6) is -0.702. The van der Waals surface area contributed by atoms with Crippen molar-refractivity contribution in [2.24, 2.45) is 0 Å². The standard InChI is InChI=1S/C24H21FN6O/c1-14-21-19(30-24(26)29-14)10-16(11-20(21)32)22-18(17-8-5-9-27-23(17)25)12-28-31(22)13-15-6-3-2-4-7-15/h2-9,12,16H,10-11,13H2,1H3,(H2,26,29,30). The Balaban J connectivity index is 1.64. The van der Waals surface area contributed by atoms with Crippen molar-refractivity contribution in [1.82, 2.24) is 24.7 Å². The summed E-state index contributed by atoms with van der Waals surface area (Å²) < 4.78 is 16.5. The van der Waals surface area contributed by atoms with Gasteiger partial charge in [0.1, 0.15) is 0 Å². The number of benzene rings is 1. The molecule has 8 heteroatoms. The first kappa shape index (κ1) is 20.0. The van der Waals surface area contributed by atoms with Crippen molar-refractivity contribution in [3.8, 4) is 11.1 Å². The normalized spacial score (nSPS) is 15.6. The fourth-order valence-electron chi connectivity index (χ4n) is 4.49. The average Bonchev–Trinajstić information content (AvgIpc) is 3.17. The van der Waals surface area contributed by atoms with Crippen molar-refractivity contribution in [3.63, 3.8) is 0 Å². The van der Waals surface area contributed by atoms with Gasteiger partial charge in [0.15, 0.2) is 5.78 Å². The van der Waals surface area contributed by atoms with Crippen LogP contribution >= 0.6 is 0 Å². The molecule has 7 nitrogen and oxygen atoms in total. The summed E-state index contributed by atoms with van der Waals surface area (Å²) in [5.41, 5.74) is 10.4. The topological polar surface area (TPSA) is 99.6 Å². The van der Waals surface area contributed by atoms with Gasteiger partial charge in [0.2, 0.25) is 11.9 Å². The number of Topliss-reactive ketones (excluding diaryl/α,β-unsaturated/α-hetero) is 1. The van der Waals surface area contributed by atoms with Crippen LogP contribution in [0.3, 0.4) is 0 Å². The number of pyridine rings is 1. The number of anilines is 1. The number of rotatable bonds is 4. The van der Waals surface area contributed by atoms with Crippen LogP contribution in [0.25, 0.3) is 11.1 Å². The van der Waals surface area contributed by atoms with Crippen molar-refractivity contribution in [2.45, 2.75) is 32.2 Å². The van der Waals surface area contributed by atoms with E-state index in [9.17, 15) is 9.18 Å². The Morgan fingerprint density at radius 3 is 2.69 bits per heavy atom. The van der Waals surface area contributed by atoms with E-state index in [2.05, 4.69) is 20.1 Å². The van der Waals surface area contributed by atoms with E-state index in [4.69, 9.17) is 5.73 Å². The summed E-state index contributed by atoms with van der Waals surface area (Å²) in [5, 5.41) is 4.57. The van der Waals surface area contributed by atoms with E-state index in [1.165, 1.54) is 6.20 Å². The molecule has 160 valence electrons. The first-order valence-corrected chi connectivity index (χ1v) is 10.4. The lowest BCUT2D eigenvalue weighted by molar-refractivity contribution is 0.0960. The highest BCUT2D eigenvalue weighted by atomic mass is 19.1. The molecule has 0 spiro atoms. The molecule has 2 N–H and O–H groups in total. The first-order chi connectivity index (χ1) is 15.5. The highest BCUT2D eigenvalue weighted by molar-refractivity contribution is 6.00. The number of nitrogen functional groups attached to an aromatic ring is 1. The molecule has 0 amide bonds. The zero-order valence-corrected chi connectivity index (χ0v) is 17.5. The van der Waals surface area contributed by atoms with Crippen molar-refractivity contribution in [1.29, 1.82) is 0 Å². The minimum atomic E-state index is -0.571. The molecule has 4 aromatic rings. The van der Waals surface area contributed by atoms with E-state index in [-0.39, 0.29) is 24.1 Å². The van der Waals surface area contributed by atoms with Crippen molar-refractivity contribution in [2.75, 3.05) is 5.73 Å². The third kappa shape index (κ3) is 3.53. The lowest BCUT2D eigenvalue weighted by Crippen LogP contribution is -2.25. The summed E-state index contributed by atoms with van der Waals surface area (Å²) in [6, 6.07) is 13.3. The fourth-order valence-corrected chi connectivity index (χ4v) is 4.49. The van der Waals surface area contributed by atoms with Gasteiger partial charge < -0.3 is 5.73 Å². The van der Waals surface area contributed by atoms with Gasteiger partial charge in [0, 0.05) is 29.7 Å². The van der Waals surface area contributed by atoms with Crippen LogP contribution < -0.4 is 5.73 Å². The summed E-state index contributed by atoms with van der Waals surface area (Å²) in [7, 11) is 0. The molecular weight excluding hydrogens is 407 g/mol. The number of ketones is 1. The maximum atomic E-state index is 14.6. The molecule has 0 bridgehead atoms. The second kappa shape index (κ2) is 7.96. The lowest BCUT2D eigenvalue weighted by Gasteiger charge is -2.26. The Bertz CT molecular complexity index is 1320. The number of hydrogen-bond donors (Lipinski definition) is 1. The Labute approximate surface area is 184 Å². The second-order valence-corrected chi connectivity index (χ2v) is 7.95. The van der Waals surface area contributed by atoms with Crippen molar-refractivity contribution in [3.05, 3.63) is 89.0 Å². The number of carbonyl (C=O) groups is 1. The van der Waals surface area contributed by atoms with E-state index in [1.54, 1.807) is 25.3 Å². The van der Waals surface area contributed by atoms with E-state index in [1.807, 2.05) is 35.0 Å². The SMILES string of the molecule is Cc1nc(N)nc2c1C(=O)CC(c1c(-c3cccnc3F)cnn1Cc1ccccc1)C2. The Morgan fingerprint density at radius 1 is 1.09 bits per heavy atom. The van der Waals surface area contributed by atoms with Crippen LogP contribution in [0.4, 0.5) is 10.3 Å². The summed E-state index contributed by atoms with van der Waals surface area (Å²) in [4.78, 5) is 25.4. The first-order valence-electron chi connectivity index (χ1n) is 10.4. The van der Waals surface area contributed by atoms with Gasteiger partial charge in [0.25, 0.3) is 0 Å². The van der Waals surface area contributed by atoms with Gasteiger partial charge in [-0.05, 0) is 31.0 Å². The largest absolute Gasteiger partial charge is 0.368 e. The van der Waals surface area contributed by atoms with Crippen LogP contribution in [0, 0.1) is 12.9 Å². The number of hydrogen-bond acceptors (Lipinski definition) is 6. The molecule has 3 heterocycles. The van der Waals surface area contributed by atoms with Crippen LogP contribution in [0.1, 0.15) is 45.3 Å². The Hall–Kier alpha value is -3.94. The van der Waals surface area contributed by atoms with E-state index in [0.717, 1.165) is 11.3 Å². The highest BCUT2D eigenvalue weighted by Gasteiger charge is 2.33. The van der Waals surface area contributed by atoms with E-state index in [0.29, 0.717) is 41.0 Å². The van der Waals surface area contributed by atoms with Gasteiger partial charge in [-0.3, -0.25) is 9.48 Å². The Morgan fingerprint density at radius 2 is 1.91 bits per heavy atom. The number of aryl methyl sites for hydroxylation is 1. The summed E-state index contributed by atoms with van der Waals surface area (Å²) in [6.45, 7) is 2.27. The van der Waals surface area contributed by atoms with Gasteiger partial charge in [0.05, 0.1) is 35.4 Å². The fraction of sp³-hybridized carbons (Fsp3) is 0.208. The zero-order chi connectivity index (χ0) is 22.2. The predicted molar refractivity (Wildman–Crippen MR) is 118 cm³/mol. The highest BCUT2D eigenvalue weighted by Crippen LogP contribution is 2.38. The smallest absolute Gasteiger partial charge is 0.220 e. The minimum Gasteiger partial charge on any atom is -0.368 e. The average molecular weight is 428 g/mol. The van der Waals surface area contributed by atoms with Crippen molar-refractivity contribution < 1.29 is 9.18 Å². The lowest BCUT2D eigenvalue weighted by atomic mass is 9.81. The zero-order valence-electron chi connectivity index (χ0n) is 17.5. The summed E-state index contributed by atoms with van der Waals surface area (Å²) >= 11 is 0. The Kier molecular flexibility index (Phi) is 4.97. The van der Waals surface area contributed by atoms with Gasteiger partial charge >= 0.3 is 0 Å². The second-order valence-electron chi connectivity index (χ2n) is 7.95. The molecular formula is C24H21FN6O. The quantitative estimate of drug-likeness (QED) is 0.497. The van der Waals surface area contributed by atoms with Crippen LogP contribution in [-0.4, -0.2) is 30.5 Å². The molecule has 1 aliphatic rings. The molecule has 0 saturated heterocycles. The molecule has 32 heavy (non-hydrogen) atoms. The minimum absolute atomic E-state index is 0.0428. The molecule has 0 radical (unpaired) electrons. The van der Waals surface area contributed by atoms with E-state index >= 15 is 0 Å². The summed E-state index contributed by atoms with van der Waals surface area (Å²) in [6.07, 6.45) is 3.81.